The Kier molecular flexibility index (Phi) is 4.00. The molecule has 0 fully saturated rings. The Morgan fingerprint density at radius 2 is 2.50 bits per heavy atom. The van der Waals surface area contributed by atoms with Crippen molar-refractivity contribution in [3.8, 4) is 0 Å². The summed E-state index contributed by atoms with van der Waals surface area (Å²) in [5.41, 5.74) is 6.27. The van der Waals surface area contributed by atoms with E-state index in [0.29, 0.717) is 0 Å². The molecule has 1 rings (SSSR count). The molecule has 1 aromatic heterocycles. The second kappa shape index (κ2) is 5.09. The van der Waals surface area contributed by atoms with E-state index in [9.17, 15) is 0 Å². The predicted octanol–water partition coefficient (Wildman–Crippen LogP) is 1.61. The Morgan fingerprint density at radius 1 is 1.67 bits per heavy atom. The van der Waals surface area contributed by atoms with Crippen molar-refractivity contribution < 1.29 is 0 Å². The van der Waals surface area contributed by atoms with E-state index < -0.39 is 0 Å². The number of nitrogens with two attached hydrogens (primary N) is 1. The van der Waals surface area contributed by atoms with Gasteiger partial charge in [0.05, 0.1) is 11.9 Å². The predicted molar refractivity (Wildman–Crippen MR) is 54.3 cm³/mol. The van der Waals surface area contributed by atoms with Crippen LogP contribution in [0.25, 0.3) is 0 Å². The van der Waals surface area contributed by atoms with Gasteiger partial charge < -0.3 is 5.73 Å². The molecule has 0 aromatic carbocycles. The molecule has 0 aliphatic heterocycles. The van der Waals surface area contributed by atoms with Crippen LogP contribution in [0.15, 0.2) is 12.4 Å². The molecule has 0 amide bonds. The summed E-state index contributed by atoms with van der Waals surface area (Å²) in [6.45, 7) is 3.15. The van der Waals surface area contributed by atoms with Crippen LogP contribution < -0.4 is 5.73 Å². The quantitative estimate of drug-likeness (QED) is 0.709. The van der Waals surface area contributed by atoms with E-state index in [4.69, 9.17) is 5.73 Å². The molecule has 0 saturated carbocycles. The monoisotopic (exact) mass is 185 g/mol. The van der Waals surface area contributed by atoms with Gasteiger partial charge in [0.15, 0.2) is 0 Å². The molecule has 0 aliphatic carbocycles. The number of aryl methyl sites for hydroxylation is 1. The molecule has 0 bridgehead atoms. The first-order valence-corrected chi connectivity index (χ1v) is 5.34. The van der Waals surface area contributed by atoms with Crippen molar-refractivity contribution >= 4 is 17.4 Å². The average Bonchev–Trinajstić information content (AvgIpc) is 2.45. The molecule has 0 radical (unpaired) electrons. The molecular formula is C8H15N3S. The Morgan fingerprint density at radius 3 is 3.08 bits per heavy atom. The highest BCUT2D eigenvalue weighted by atomic mass is 32.2. The minimum absolute atomic E-state index is 0.748. The van der Waals surface area contributed by atoms with Crippen molar-refractivity contribution in [1.82, 2.24) is 9.78 Å². The molecule has 4 heteroatoms. The SMILES string of the molecule is CCSCCCn1cc(N)cn1. The summed E-state index contributed by atoms with van der Waals surface area (Å²) in [5.74, 6) is 2.40. The molecule has 0 atom stereocenters. The van der Waals surface area contributed by atoms with E-state index in [1.807, 2.05) is 22.6 Å². The lowest BCUT2D eigenvalue weighted by Crippen LogP contribution is -1.99. The van der Waals surface area contributed by atoms with E-state index in [-0.39, 0.29) is 0 Å². The molecule has 0 unspecified atom stereocenters. The minimum atomic E-state index is 0.748. The van der Waals surface area contributed by atoms with Crippen molar-refractivity contribution in [1.29, 1.82) is 0 Å². The van der Waals surface area contributed by atoms with E-state index >= 15 is 0 Å². The average molecular weight is 185 g/mol. The topological polar surface area (TPSA) is 43.8 Å². The van der Waals surface area contributed by atoms with Gasteiger partial charge in [0.1, 0.15) is 0 Å². The van der Waals surface area contributed by atoms with Crippen LogP contribution in [0, 0.1) is 0 Å². The summed E-state index contributed by atoms with van der Waals surface area (Å²) in [6.07, 6.45) is 4.73. The number of anilines is 1. The van der Waals surface area contributed by atoms with Crippen LogP contribution in [0.2, 0.25) is 0 Å². The van der Waals surface area contributed by atoms with Gasteiger partial charge in [-0.25, -0.2) is 0 Å². The maximum atomic E-state index is 5.52. The van der Waals surface area contributed by atoms with Gasteiger partial charge in [-0.15, -0.1) is 0 Å². The maximum Gasteiger partial charge on any atom is 0.0719 e. The van der Waals surface area contributed by atoms with Crippen LogP contribution in [0.4, 0.5) is 5.69 Å². The summed E-state index contributed by atoms with van der Waals surface area (Å²) in [7, 11) is 0. The Hall–Kier alpha value is -0.640. The fourth-order valence-electron chi connectivity index (χ4n) is 0.975. The minimum Gasteiger partial charge on any atom is -0.396 e. The second-order valence-electron chi connectivity index (χ2n) is 2.59. The third-order valence-electron chi connectivity index (χ3n) is 1.53. The fraction of sp³-hybridized carbons (Fsp3) is 0.625. The summed E-state index contributed by atoms with van der Waals surface area (Å²) in [6, 6.07) is 0. The van der Waals surface area contributed by atoms with E-state index in [2.05, 4.69) is 12.0 Å². The largest absolute Gasteiger partial charge is 0.396 e. The molecule has 2 N–H and O–H groups in total. The fourth-order valence-corrected chi connectivity index (χ4v) is 1.60. The zero-order valence-corrected chi connectivity index (χ0v) is 8.18. The first kappa shape index (κ1) is 9.45. The molecule has 3 nitrogen and oxygen atoms in total. The second-order valence-corrected chi connectivity index (χ2v) is 3.98. The third kappa shape index (κ3) is 3.17. The summed E-state index contributed by atoms with van der Waals surface area (Å²) in [5, 5.41) is 4.10. The Bertz CT molecular complexity index is 222. The highest BCUT2D eigenvalue weighted by Gasteiger charge is 1.93. The van der Waals surface area contributed by atoms with E-state index in [0.717, 1.165) is 12.2 Å². The van der Waals surface area contributed by atoms with Gasteiger partial charge >= 0.3 is 0 Å². The van der Waals surface area contributed by atoms with E-state index in [1.165, 1.54) is 17.9 Å². The summed E-state index contributed by atoms with van der Waals surface area (Å²) in [4.78, 5) is 0. The molecule has 0 spiro atoms. The van der Waals surface area contributed by atoms with Gasteiger partial charge in [-0.1, -0.05) is 6.92 Å². The zero-order chi connectivity index (χ0) is 8.81. The number of nitrogens with zero attached hydrogens (tertiary/aromatic N) is 2. The number of nitrogen functional groups attached to an aromatic ring is 1. The first-order chi connectivity index (χ1) is 5.83. The van der Waals surface area contributed by atoms with Crippen LogP contribution >= 0.6 is 11.8 Å². The normalized spacial score (nSPS) is 10.4. The molecule has 0 saturated heterocycles. The molecule has 1 heterocycles. The number of rotatable bonds is 5. The highest BCUT2D eigenvalue weighted by Crippen LogP contribution is 2.03. The van der Waals surface area contributed by atoms with Crippen LogP contribution in [-0.4, -0.2) is 21.3 Å². The Balaban J connectivity index is 2.15. The van der Waals surface area contributed by atoms with Gasteiger partial charge in [0.25, 0.3) is 0 Å². The van der Waals surface area contributed by atoms with Gasteiger partial charge in [0.2, 0.25) is 0 Å². The molecule has 1 aromatic rings. The highest BCUT2D eigenvalue weighted by molar-refractivity contribution is 7.99. The lowest BCUT2D eigenvalue weighted by molar-refractivity contribution is 0.606. The van der Waals surface area contributed by atoms with Crippen molar-refractivity contribution in [2.24, 2.45) is 0 Å². The first-order valence-electron chi connectivity index (χ1n) is 4.18. The van der Waals surface area contributed by atoms with Crippen LogP contribution in [0.3, 0.4) is 0 Å². The van der Waals surface area contributed by atoms with Gasteiger partial charge in [0, 0.05) is 12.7 Å². The van der Waals surface area contributed by atoms with Crippen molar-refractivity contribution in [3.63, 3.8) is 0 Å². The van der Waals surface area contributed by atoms with Crippen molar-refractivity contribution in [2.45, 2.75) is 19.9 Å². The van der Waals surface area contributed by atoms with Gasteiger partial charge in [-0.05, 0) is 17.9 Å². The van der Waals surface area contributed by atoms with E-state index in [1.54, 1.807) is 6.20 Å². The Labute approximate surface area is 77.3 Å². The van der Waals surface area contributed by atoms with Crippen molar-refractivity contribution in [2.75, 3.05) is 17.2 Å². The number of hydrogen-bond donors (Lipinski definition) is 1. The third-order valence-corrected chi connectivity index (χ3v) is 2.52. The maximum absolute atomic E-state index is 5.52. The zero-order valence-electron chi connectivity index (χ0n) is 7.36. The van der Waals surface area contributed by atoms with Gasteiger partial charge in [-0.3, -0.25) is 4.68 Å². The van der Waals surface area contributed by atoms with Crippen LogP contribution in [-0.2, 0) is 6.54 Å². The number of hydrogen-bond acceptors (Lipinski definition) is 3. The number of thioether (sulfide) groups is 1. The standard InChI is InChI=1S/C8H15N3S/c1-2-12-5-3-4-11-7-8(9)6-10-11/h6-7H,2-5,9H2,1H3. The smallest absolute Gasteiger partial charge is 0.0719 e. The molecular weight excluding hydrogens is 170 g/mol. The molecule has 0 aliphatic rings. The summed E-state index contributed by atoms with van der Waals surface area (Å²) >= 11 is 1.96. The van der Waals surface area contributed by atoms with Crippen LogP contribution in [0.1, 0.15) is 13.3 Å². The molecule has 68 valence electrons. The molecule has 12 heavy (non-hydrogen) atoms. The van der Waals surface area contributed by atoms with Gasteiger partial charge in [-0.2, -0.15) is 16.9 Å². The lowest BCUT2D eigenvalue weighted by atomic mass is 10.5. The summed E-state index contributed by atoms with van der Waals surface area (Å²) < 4.78 is 1.89. The number of aromatic nitrogens is 2. The lowest BCUT2D eigenvalue weighted by Gasteiger charge is -1.99. The van der Waals surface area contributed by atoms with Crippen molar-refractivity contribution in [3.05, 3.63) is 12.4 Å². The van der Waals surface area contributed by atoms with Crippen LogP contribution in [0.5, 0.6) is 0 Å².